The molecule has 0 spiro atoms. The minimum atomic E-state index is 0.0516. The van der Waals surface area contributed by atoms with E-state index in [2.05, 4.69) is 0 Å². The van der Waals surface area contributed by atoms with Crippen LogP contribution in [-0.4, -0.2) is 77.3 Å². The third-order valence-electron chi connectivity index (χ3n) is 2.34. The third-order valence-corrected chi connectivity index (χ3v) is 2.34. The lowest BCUT2D eigenvalue weighted by atomic mass is 10.3. The highest BCUT2D eigenvalue weighted by atomic mass is 16.6. The van der Waals surface area contributed by atoms with E-state index in [1.54, 1.807) is 0 Å². The van der Waals surface area contributed by atoms with Crippen molar-refractivity contribution in [1.82, 2.24) is 0 Å². The summed E-state index contributed by atoms with van der Waals surface area (Å²) in [5.74, 6) is 0. The molecule has 1 N–H and O–H groups in total. The molecule has 6 heteroatoms. The van der Waals surface area contributed by atoms with Gasteiger partial charge in [0.2, 0.25) is 0 Å². The van der Waals surface area contributed by atoms with Crippen LogP contribution in [0.1, 0.15) is 6.42 Å². The SMILES string of the molecule is OCCOCCOCCOCCOCCC1CO1. The van der Waals surface area contributed by atoms with Crippen LogP contribution in [0.15, 0.2) is 0 Å². The fourth-order valence-electron chi connectivity index (χ4n) is 1.28. The lowest BCUT2D eigenvalue weighted by Crippen LogP contribution is -2.13. The van der Waals surface area contributed by atoms with Gasteiger partial charge in [-0.15, -0.1) is 0 Å². The topological polar surface area (TPSA) is 69.7 Å². The standard InChI is InChI=1S/C12H24O6/c13-2-4-15-6-8-17-10-9-16-7-5-14-3-1-12-11-18-12/h12-13H,1-11H2. The molecule has 0 aromatic heterocycles. The lowest BCUT2D eigenvalue weighted by molar-refractivity contribution is -0.00598. The van der Waals surface area contributed by atoms with Gasteiger partial charge in [0.25, 0.3) is 0 Å². The largest absolute Gasteiger partial charge is 0.394 e. The van der Waals surface area contributed by atoms with Crippen molar-refractivity contribution in [1.29, 1.82) is 0 Å². The molecule has 0 aliphatic carbocycles. The molecular weight excluding hydrogens is 240 g/mol. The number of epoxide rings is 1. The van der Waals surface area contributed by atoms with Crippen molar-refractivity contribution in [3.63, 3.8) is 0 Å². The predicted octanol–water partition coefficient (Wildman–Crippen LogP) is -0.166. The number of ether oxygens (including phenoxy) is 5. The average Bonchev–Trinajstić information content (AvgIpc) is 3.19. The molecule has 0 saturated carbocycles. The van der Waals surface area contributed by atoms with E-state index in [1.807, 2.05) is 0 Å². The van der Waals surface area contributed by atoms with E-state index in [4.69, 9.17) is 28.8 Å². The van der Waals surface area contributed by atoms with E-state index in [9.17, 15) is 0 Å². The fraction of sp³-hybridized carbons (Fsp3) is 1.00. The Morgan fingerprint density at radius 3 is 1.67 bits per heavy atom. The van der Waals surface area contributed by atoms with Gasteiger partial charge in [-0.25, -0.2) is 0 Å². The van der Waals surface area contributed by atoms with Gasteiger partial charge in [-0.2, -0.15) is 0 Å². The number of hydrogen-bond donors (Lipinski definition) is 1. The summed E-state index contributed by atoms with van der Waals surface area (Å²) in [7, 11) is 0. The molecule has 1 heterocycles. The number of aliphatic hydroxyl groups excluding tert-OH is 1. The van der Waals surface area contributed by atoms with Gasteiger partial charge in [0, 0.05) is 6.61 Å². The molecule has 0 bridgehead atoms. The normalized spacial score (nSPS) is 18.2. The second-order valence-electron chi connectivity index (χ2n) is 3.92. The summed E-state index contributed by atoms with van der Waals surface area (Å²) in [5.41, 5.74) is 0. The number of rotatable bonds is 14. The molecule has 1 unspecified atom stereocenters. The van der Waals surface area contributed by atoms with Crippen LogP contribution in [0, 0.1) is 0 Å². The van der Waals surface area contributed by atoms with Gasteiger partial charge in [-0.3, -0.25) is 0 Å². The summed E-state index contributed by atoms with van der Waals surface area (Å²) in [6.07, 6.45) is 1.42. The van der Waals surface area contributed by atoms with Crippen LogP contribution in [0.25, 0.3) is 0 Å². The van der Waals surface area contributed by atoms with Crippen molar-refractivity contribution < 1.29 is 28.8 Å². The van der Waals surface area contributed by atoms with E-state index >= 15 is 0 Å². The molecule has 6 nitrogen and oxygen atoms in total. The smallest absolute Gasteiger partial charge is 0.0831 e. The van der Waals surface area contributed by atoms with Crippen LogP contribution in [0.3, 0.4) is 0 Å². The zero-order valence-corrected chi connectivity index (χ0v) is 10.8. The summed E-state index contributed by atoms with van der Waals surface area (Å²) in [5, 5.41) is 8.46. The summed E-state index contributed by atoms with van der Waals surface area (Å²) >= 11 is 0. The van der Waals surface area contributed by atoms with Crippen LogP contribution in [0.4, 0.5) is 0 Å². The maximum Gasteiger partial charge on any atom is 0.0831 e. The molecule has 0 amide bonds. The first-order chi connectivity index (χ1) is 8.93. The van der Waals surface area contributed by atoms with Gasteiger partial charge in [0.05, 0.1) is 65.6 Å². The van der Waals surface area contributed by atoms with Crippen molar-refractivity contribution in [3.8, 4) is 0 Å². The quantitative estimate of drug-likeness (QED) is 0.347. The highest BCUT2D eigenvalue weighted by molar-refractivity contribution is 4.67. The van der Waals surface area contributed by atoms with E-state index < -0.39 is 0 Å². The van der Waals surface area contributed by atoms with Gasteiger partial charge in [-0.1, -0.05) is 0 Å². The Morgan fingerprint density at radius 1 is 0.778 bits per heavy atom. The minimum Gasteiger partial charge on any atom is -0.394 e. The molecule has 0 radical (unpaired) electrons. The summed E-state index contributed by atoms with van der Waals surface area (Å²) in [6.45, 7) is 5.41. The van der Waals surface area contributed by atoms with Crippen LogP contribution in [-0.2, 0) is 23.7 Å². The lowest BCUT2D eigenvalue weighted by Gasteiger charge is -2.06. The van der Waals surface area contributed by atoms with Crippen LogP contribution < -0.4 is 0 Å². The van der Waals surface area contributed by atoms with Crippen molar-refractivity contribution in [3.05, 3.63) is 0 Å². The number of hydrogen-bond acceptors (Lipinski definition) is 6. The first kappa shape index (κ1) is 15.8. The zero-order chi connectivity index (χ0) is 12.9. The molecule has 1 rings (SSSR count). The molecule has 1 atom stereocenters. The average molecular weight is 264 g/mol. The van der Waals surface area contributed by atoms with E-state index in [0.29, 0.717) is 52.4 Å². The Kier molecular flexibility index (Phi) is 10.4. The molecule has 108 valence electrons. The Balaban J connectivity index is 1.60. The molecule has 1 saturated heterocycles. The van der Waals surface area contributed by atoms with Crippen LogP contribution in [0.5, 0.6) is 0 Å². The summed E-state index contributed by atoms with van der Waals surface area (Å²) < 4.78 is 26.0. The van der Waals surface area contributed by atoms with Crippen molar-refractivity contribution in [2.24, 2.45) is 0 Å². The Morgan fingerprint density at radius 2 is 1.22 bits per heavy atom. The molecule has 1 aliphatic rings. The van der Waals surface area contributed by atoms with E-state index in [1.165, 1.54) is 0 Å². The Labute approximate surface area is 108 Å². The summed E-state index contributed by atoms with van der Waals surface area (Å²) in [4.78, 5) is 0. The van der Waals surface area contributed by atoms with E-state index in [0.717, 1.165) is 19.6 Å². The first-order valence-electron chi connectivity index (χ1n) is 6.47. The molecule has 0 aromatic rings. The predicted molar refractivity (Wildman–Crippen MR) is 64.7 cm³/mol. The zero-order valence-electron chi connectivity index (χ0n) is 10.8. The first-order valence-corrected chi connectivity index (χ1v) is 6.47. The monoisotopic (exact) mass is 264 g/mol. The molecule has 18 heavy (non-hydrogen) atoms. The molecule has 1 fully saturated rings. The van der Waals surface area contributed by atoms with Gasteiger partial charge >= 0.3 is 0 Å². The van der Waals surface area contributed by atoms with E-state index in [-0.39, 0.29) is 6.61 Å². The maximum atomic E-state index is 8.46. The molecular formula is C12H24O6. The summed E-state index contributed by atoms with van der Waals surface area (Å²) in [6, 6.07) is 0. The highest BCUT2D eigenvalue weighted by Crippen LogP contribution is 2.12. The minimum absolute atomic E-state index is 0.0516. The van der Waals surface area contributed by atoms with Crippen molar-refractivity contribution >= 4 is 0 Å². The molecule has 1 aliphatic heterocycles. The highest BCUT2D eigenvalue weighted by Gasteiger charge is 2.21. The molecule has 0 aromatic carbocycles. The Hall–Kier alpha value is -0.240. The Bertz CT molecular complexity index is 174. The van der Waals surface area contributed by atoms with Gasteiger partial charge in [0.15, 0.2) is 0 Å². The fourth-order valence-corrected chi connectivity index (χ4v) is 1.28. The number of aliphatic hydroxyl groups is 1. The van der Waals surface area contributed by atoms with Gasteiger partial charge in [0.1, 0.15) is 0 Å². The van der Waals surface area contributed by atoms with Crippen LogP contribution in [0.2, 0.25) is 0 Å². The van der Waals surface area contributed by atoms with Gasteiger partial charge in [-0.05, 0) is 6.42 Å². The van der Waals surface area contributed by atoms with Gasteiger partial charge < -0.3 is 28.8 Å². The van der Waals surface area contributed by atoms with Crippen molar-refractivity contribution in [2.75, 3.05) is 66.1 Å². The van der Waals surface area contributed by atoms with Crippen molar-refractivity contribution in [2.45, 2.75) is 12.5 Å². The second-order valence-corrected chi connectivity index (χ2v) is 3.92. The third kappa shape index (κ3) is 10.9. The van der Waals surface area contributed by atoms with Crippen LogP contribution >= 0.6 is 0 Å². The second kappa shape index (κ2) is 11.8. The maximum absolute atomic E-state index is 8.46.